The summed E-state index contributed by atoms with van der Waals surface area (Å²) >= 11 is 0. The lowest BCUT2D eigenvalue weighted by atomic mass is 10.1. The summed E-state index contributed by atoms with van der Waals surface area (Å²) in [6, 6.07) is 4.24. The second kappa shape index (κ2) is 4.64. The Balaban J connectivity index is 2.75. The van der Waals surface area contributed by atoms with Crippen molar-refractivity contribution in [3.05, 3.63) is 34.4 Å². The van der Waals surface area contributed by atoms with Gasteiger partial charge in [0, 0.05) is 6.07 Å². The van der Waals surface area contributed by atoms with E-state index in [0.717, 1.165) is 0 Å². The smallest absolute Gasteiger partial charge is 0.347 e. The van der Waals surface area contributed by atoms with Crippen LogP contribution in [-0.4, -0.2) is 23.3 Å². The molecule has 0 bridgehead atoms. The zero-order valence-corrected chi connectivity index (χ0v) is 10.3. The maximum absolute atomic E-state index is 11.8. The van der Waals surface area contributed by atoms with Crippen molar-refractivity contribution in [1.29, 1.82) is 0 Å². The van der Waals surface area contributed by atoms with Crippen molar-refractivity contribution in [3.63, 3.8) is 0 Å². The molecular weight excluding hydrogens is 252 g/mol. The van der Waals surface area contributed by atoms with Gasteiger partial charge in [-0.2, -0.15) is 0 Å². The summed E-state index contributed by atoms with van der Waals surface area (Å²) < 4.78 is 9.91. The van der Waals surface area contributed by atoms with Gasteiger partial charge >= 0.3 is 11.6 Å². The monoisotopic (exact) mass is 264 g/mol. The SMILES string of the molecule is COc1cc(O)c2c(=O)oc(C(C)C(=O)O)cc2c1. The Kier molecular flexibility index (Phi) is 3.16. The molecule has 0 saturated carbocycles. The van der Waals surface area contributed by atoms with Gasteiger partial charge in [0.25, 0.3) is 0 Å². The van der Waals surface area contributed by atoms with E-state index in [-0.39, 0.29) is 16.9 Å². The van der Waals surface area contributed by atoms with Gasteiger partial charge in [0.05, 0.1) is 7.11 Å². The van der Waals surface area contributed by atoms with E-state index in [4.69, 9.17) is 14.3 Å². The number of aliphatic carboxylic acids is 1. The summed E-state index contributed by atoms with van der Waals surface area (Å²) in [6.45, 7) is 1.41. The van der Waals surface area contributed by atoms with Crippen molar-refractivity contribution in [3.8, 4) is 11.5 Å². The fourth-order valence-electron chi connectivity index (χ4n) is 1.75. The first-order chi connectivity index (χ1) is 8.93. The molecule has 0 radical (unpaired) electrons. The lowest BCUT2D eigenvalue weighted by molar-refractivity contribution is -0.138. The molecule has 0 aliphatic carbocycles. The molecule has 6 nitrogen and oxygen atoms in total. The molecule has 6 heteroatoms. The highest BCUT2D eigenvalue weighted by atomic mass is 16.5. The number of phenolic OH excluding ortho intramolecular Hbond substituents is 1. The maximum Gasteiger partial charge on any atom is 0.347 e. The number of rotatable bonds is 3. The summed E-state index contributed by atoms with van der Waals surface area (Å²) in [4.78, 5) is 22.7. The third kappa shape index (κ3) is 2.24. The molecule has 1 aromatic carbocycles. The van der Waals surface area contributed by atoms with Gasteiger partial charge in [-0.05, 0) is 24.4 Å². The number of carboxylic acids is 1. The molecule has 2 N–H and O–H groups in total. The average Bonchev–Trinajstić information content (AvgIpc) is 2.36. The van der Waals surface area contributed by atoms with E-state index in [1.54, 1.807) is 0 Å². The molecule has 0 saturated heterocycles. The van der Waals surface area contributed by atoms with Gasteiger partial charge in [-0.25, -0.2) is 4.79 Å². The van der Waals surface area contributed by atoms with E-state index >= 15 is 0 Å². The van der Waals surface area contributed by atoms with Gasteiger partial charge in [0.15, 0.2) is 0 Å². The van der Waals surface area contributed by atoms with Crippen LogP contribution in [0.1, 0.15) is 18.6 Å². The summed E-state index contributed by atoms with van der Waals surface area (Å²) in [6.07, 6.45) is 0. The summed E-state index contributed by atoms with van der Waals surface area (Å²) in [7, 11) is 1.42. The summed E-state index contributed by atoms with van der Waals surface area (Å²) in [5.41, 5.74) is -0.777. The van der Waals surface area contributed by atoms with Crippen LogP contribution in [0.3, 0.4) is 0 Å². The molecule has 1 heterocycles. The topological polar surface area (TPSA) is 97.0 Å². The van der Waals surface area contributed by atoms with Gasteiger partial charge in [-0.3, -0.25) is 4.79 Å². The predicted molar refractivity (Wildman–Crippen MR) is 66.8 cm³/mol. The zero-order chi connectivity index (χ0) is 14.2. The molecule has 0 fully saturated rings. The Bertz CT molecular complexity index is 700. The molecular formula is C13H12O6. The molecule has 1 unspecified atom stereocenters. The molecule has 19 heavy (non-hydrogen) atoms. The highest BCUT2D eigenvalue weighted by Crippen LogP contribution is 2.29. The third-order valence-electron chi connectivity index (χ3n) is 2.87. The number of ether oxygens (including phenoxy) is 1. The Morgan fingerprint density at radius 2 is 2.05 bits per heavy atom. The van der Waals surface area contributed by atoms with E-state index in [1.165, 1.54) is 32.2 Å². The van der Waals surface area contributed by atoms with Crippen molar-refractivity contribution in [2.45, 2.75) is 12.8 Å². The number of benzene rings is 1. The second-order valence-electron chi connectivity index (χ2n) is 4.11. The van der Waals surface area contributed by atoms with Crippen LogP contribution in [0.25, 0.3) is 10.8 Å². The summed E-state index contributed by atoms with van der Waals surface area (Å²) in [5, 5.41) is 19.0. The van der Waals surface area contributed by atoms with E-state index in [2.05, 4.69) is 0 Å². The van der Waals surface area contributed by atoms with Crippen molar-refractivity contribution >= 4 is 16.7 Å². The largest absolute Gasteiger partial charge is 0.507 e. The number of aromatic hydroxyl groups is 1. The van der Waals surface area contributed by atoms with Crippen molar-refractivity contribution in [2.75, 3.05) is 7.11 Å². The molecule has 1 aromatic heterocycles. The molecule has 0 aliphatic rings. The molecule has 100 valence electrons. The number of carbonyl (C=O) groups is 1. The second-order valence-corrected chi connectivity index (χ2v) is 4.11. The Labute approximate surface area is 107 Å². The maximum atomic E-state index is 11.8. The lowest BCUT2D eigenvalue weighted by Gasteiger charge is -2.08. The first kappa shape index (κ1) is 12.9. The van der Waals surface area contributed by atoms with Gasteiger partial charge in [-0.1, -0.05) is 0 Å². The first-order valence-corrected chi connectivity index (χ1v) is 5.51. The highest BCUT2D eigenvalue weighted by molar-refractivity contribution is 5.89. The van der Waals surface area contributed by atoms with E-state index in [9.17, 15) is 14.7 Å². The van der Waals surface area contributed by atoms with Gasteiger partial charge in [0.1, 0.15) is 28.6 Å². The van der Waals surface area contributed by atoms with Crippen LogP contribution in [0.15, 0.2) is 27.4 Å². The van der Waals surface area contributed by atoms with Crippen LogP contribution in [0.5, 0.6) is 11.5 Å². The normalized spacial score (nSPS) is 12.3. The molecule has 0 spiro atoms. The van der Waals surface area contributed by atoms with Crippen LogP contribution in [-0.2, 0) is 4.79 Å². The van der Waals surface area contributed by atoms with E-state index in [1.807, 2.05) is 0 Å². The molecule has 2 aromatic rings. The number of phenols is 1. The minimum atomic E-state index is -1.10. The van der Waals surface area contributed by atoms with Crippen LogP contribution < -0.4 is 10.4 Å². The highest BCUT2D eigenvalue weighted by Gasteiger charge is 2.19. The number of carboxylic acid groups (broad SMARTS) is 1. The molecule has 0 amide bonds. The minimum Gasteiger partial charge on any atom is -0.507 e. The van der Waals surface area contributed by atoms with Crippen LogP contribution in [0, 0.1) is 0 Å². The lowest BCUT2D eigenvalue weighted by Crippen LogP contribution is -2.11. The quantitative estimate of drug-likeness (QED) is 0.875. The van der Waals surface area contributed by atoms with Crippen molar-refractivity contribution < 1.29 is 24.2 Å². The third-order valence-corrected chi connectivity index (χ3v) is 2.87. The van der Waals surface area contributed by atoms with Crippen LogP contribution >= 0.6 is 0 Å². The fourth-order valence-corrected chi connectivity index (χ4v) is 1.75. The first-order valence-electron chi connectivity index (χ1n) is 5.51. The molecule has 1 atom stereocenters. The average molecular weight is 264 g/mol. The zero-order valence-electron chi connectivity index (χ0n) is 10.3. The van der Waals surface area contributed by atoms with Crippen molar-refractivity contribution in [2.24, 2.45) is 0 Å². The summed E-state index contributed by atoms with van der Waals surface area (Å²) in [5.74, 6) is -1.93. The number of methoxy groups -OCH3 is 1. The standard InChI is InChI=1S/C13H12O6/c1-6(12(15)16)10-4-7-3-8(18-2)5-9(14)11(7)13(17)19-10/h3-6,14H,1-2H3,(H,15,16). The number of hydrogen-bond acceptors (Lipinski definition) is 5. The minimum absolute atomic E-state index is 0.00198. The Morgan fingerprint density at radius 1 is 1.37 bits per heavy atom. The van der Waals surface area contributed by atoms with Gasteiger partial charge in [0.2, 0.25) is 0 Å². The molecule has 2 rings (SSSR count). The Hall–Kier alpha value is -2.50. The Morgan fingerprint density at radius 3 is 2.63 bits per heavy atom. The number of hydrogen-bond donors (Lipinski definition) is 2. The van der Waals surface area contributed by atoms with E-state index in [0.29, 0.717) is 11.1 Å². The van der Waals surface area contributed by atoms with Gasteiger partial charge in [-0.15, -0.1) is 0 Å². The van der Waals surface area contributed by atoms with Gasteiger partial charge < -0.3 is 19.4 Å². The van der Waals surface area contributed by atoms with Crippen LogP contribution in [0.2, 0.25) is 0 Å². The number of fused-ring (bicyclic) bond motifs is 1. The van der Waals surface area contributed by atoms with Crippen molar-refractivity contribution in [1.82, 2.24) is 0 Å². The molecule has 0 aliphatic heterocycles. The fraction of sp³-hybridized carbons (Fsp3) is 0.231. The predicted octanol–water partition coefficient (Wildman–Crippen LogP) is 1.70. The van der Waals surface area contributed by atoms with E-state index < -0.39 is 17.5 Å². The van der Waals surface area contributed by atoms with Crippen LogP contribution in [0.4, 0.5) is 0 Å².